The molecule has 3 aliphatic rings. The van der Waals surface area contributed by atoms with Gasteiger partial charge in [-0.05, 0) is 25.2 Å². The fraction of sp³-hybridized carbons (Fsp3) is 1.00. The van der Waals surface area contributed by atoms with Gasteiger partial charge in [-0.3, -0.25) is 4.90 Å². The van der Waals surface area contributed by atoms with E-state index in [1.54, 1.807) is 0 Å². The standard InChI is InChI=1S/C12H20F2N2/c13-12(14)3-1-9(2-4-12)7-16-8-10-5-11(16)6-15-10/h9-11,15H,1-8H2. The topological polar surface area (TPSA) is 15.3 Å². The molecule has 2 heterocycles. The number of hydrogen-bond acceptors (Lipinski definition) is 2. The van der Waals surface area contributed by atoms with Gasteiger partial charge in [0.15, 0.2) is 0 Å². The van der Waals surface area contributed by atoms with Crippen LogP contribution in [0, 0.1) is 5.92 Å². The smallest absolute Gasteiger partial charge is 0.248 e. The molecule has 2 unspecified atom stereocenters. The van der Waals surface area contributed by atoms with E-state index in [0.29, 0.717) is 30.8 Å². The number of rotatable bonds is 2. The van der Waals surface area contributed by atoms with Crippen LogP contribution in [0.25, 0.3) is 0 Å². The van der Waals surface area contributed by atoms with Gasteiger partial charge in [-0.2, -0.15) is 0 Å². The van der Waals surface area contributed by atoms with E-state index < -0.39 is 5.92 Å². The minimum absolute atomic E-state index is 0.109. The summed E-state index contributed by atoms with van der Waals surface area (Å²) in [6, 6.07) is 1.36. The molecule has 0 aromatic heterocycles. The minimum Gasteiger partial charge on any atom is -0.311 e. The van der Waals surface area contributed by atoms with E-state index in [2.05, 4.69) is 10.2 Å². The Hall–Kier alpha value is -0.220. The Bertz CT molecular complexity index is 260. The quantitative estimate of drug-likeness (QED) is 0.779. The number of hydrogen-bond donors (Lipinski definition) is 1. The summed E-state index contributed by atoms with van der Waals surface area (Å²) in [4.78, 5) is 2.52. The Morgan fingerprint density at radius 1 is 1.25 bits per heavy atom. The normalized spacial score (nSPS) is 39.4. The molecule has 0 aromatic rings. The van der Waals surface area contributed by atoms with Crippen molar-refractivity contribution in [2.75, 3.05) is 19.6 Å². The van der Waals surface area contributed by atoms with Crippen LogP contribution in [0.15, 0.2) is 0 Å². The zero-order valence-electron chi connectivity index (χ0n) is 9.59. The van der Waals surface area contributed by atoms with E-state index in [1.165, 1.54) is 6.42 Å². The summed E-state index contributed by atoms with van der Waals surface area (Å²) in [6.07, 6.45) is 2.92. The van der Waals surface area contributed by atoms with Crippen LogP contribution in [-0.4, -0.2) is 42.5 Å². The molecule has 3 fully saturated rings. The van der Waals surface area contributed by atoms with E-state index in [9.17, 15) is 8.78 Å². The molecule has 0 aromatic carbocycles. The van der Waals surface area contributed by atoms with Gasteiger partial charge in [0.05, 0.1) is 0 Å². The molecule has 0 amide bonds. The third-order valence-electron chi connectivity index (χ3n) is 4.50. The monoisotopic (exact) mass is 230 g/mol. The van der Waals surface area contributed by atoms with Crippen molar-refractivity contribution in [3.8, 4) is 0 Å². The molecule has 92 valence electrons. The molecule has 2 saturated heterocycles. The third kappa shape index (κ3) is 2.09. The number of alkyl halides is 2. The van der Waals surface area contributed by atoms with Crippen molar-refractivity contribution in [2.45, 2.75) is 50.1 Å². The van der Waals surface area contributed by atoms with Crippen molar-refractivity contribution in [1.29, 1.82) is 0 Å². The van der Waals surface area contributed by atoms with E-state index in [-0.39, 0.29) is 12.8 Å². The third-order valence-corrected chi connectivity index (χ3v) is 4.50. The van der Waals surface area contributed by atoms with Gasteiger partial charge in [0.25, 0.3) is 0 Å². The molecule has 2 bridgehead atoms. The van der Waals surface area contributed by atoms with E-state index >= 15 is 0 Å². The lowest BCUT2D eigenvalue weighted by Gasteiger charge is -2.34. The summed E-state index contributed by atoms with van der Waals surface area (Å²) in [7, 11) is 0. The maximum Gasteiger partial charge on any atom is 0.248 e. The predicted molar refractivity (Wildman–Crippen MR) is 58.7 cm³/mol. The largest absolute Gasteiger partial charge is 0.311 e. The molecule has 3 rings (SSSR count). The van der Waals surface area contributed by atoms with Crippen LogP contribution in [0.2, 0.25) is 0 Å². The molecule has 0 radical (unpaired) electrons. The molecule has 1 N–H and O–H groups in total. The molecule has 2 nitrogen and oxygen atoms in total. The molecular weight excluding hydrogens is 210 g/mol. The fourth-order valence-corrected chi connectivity index (χ4v) is 3.48. The second-order valence-electron chi connectivity index (χ2n) is 5.75. The first-order valence-electron chi connectivity index (χ1n) is 6.48. The molecule has 16 heavy (non-hydrogen) atoms. The Morgan fingerprint density at radius 2 is 2.00 bits per heavy atom. The molecular formula is C12H20F2N2. The molecule has 4 heteroatoms. The first-order valence-corrected chi connectivity index (χ1v) is 6.48. The lowest BCUT2D eigenvalue weighted by atomic mass is 9.86. The van der Waals surface area contributed by atoms with Gasteiger partial charge >= 0.3 is 0 Å². The summed E-state index contributed by atoms with van der Waals surface area (Å²) in [5.74, 6) is -1.86. The van der Waals surface area contributed by atoms with Gasteiger partial charge in [0.2, 0.25) is 5.92 Å². The number of likely N-dealkylation sites (tertiary alicyclic amines) is 1. The first kappa shape index (κ1) is 10.9. The van der Waals surface area contributed by atoms with Crippen molar-refractivity contribution >= 4 is 0 Å². The highest BCUT2D eigenvalue weighted by molar-refractivity contribution is 4.98. The van der Waals surface area contributed by atoms with E-state index in [1.807, 2.05) is 0 Å². The number of piperazine rings is 1. The summed E-state index contributed by atoms with van der Waals surface area (Å²) < 4.78 is 26.0. The van der Waals surface area contributed by atoms with Gasteiger partial charge in [0.1, 0.15) is 0 Å². The van der Waals surface area contributed by atoms with Crippen LogP contribution < -0.4 is 5.32 Å². The van der Waals surface area contributed by atoms with Crippen LogP contribution in [0.5, 0.6) is 0 Å². The summed E-state index contributed by atoms with van der Waals surface area (Å²) in [6.45, 7) is 3.30. The van der Waals surface area contributed by atoms with Crippen molar-refractivity contribution in [3.05, 3.63) is 0 Å². The van der Waals surface area contributed by atoms with Gasteiger partial charge in [0, 0.05) is 44.6 Å². The molecule has 1 aliphatic carbocycles. The highest BCUT2D eigenvalue weighted by Gasteiger charge is 2.40. The van der Waals surface area contributed by atoms with Crippen molar-refractivity contribution < 1.29 is 8.78 Å². The first-order chi connectivity index (χ1) is 7.62. The molecule has 2 atom stereocenters. The van der Waals surface area contributed by atoms with Crippen LogP contribution >= 0.6 is 0 Å². The average Bonchev–Trinajstić information content (AvgIpc) is 2.83. The minimum atomic E-state index is -2.37. The lowest BCUT2D eigenvalue weighted by Crippen LogP contribution is -2.46. The summed E-state index contributed by atoms with van der Waals surface area (Å²) in [5, 5.41) is 3.47. The Kier molecular flexibility index (Phi) is 2.67. The number of nitrogens with zero attached hydrogens (tertiary/aromatic N) is 1. The van der Waals surface area contributed by atoms with E-state index in [0.717, 1.165) is 19.6 Å². The number of fused-ring (bicyclic) bond motifs is 2. The Labute approximate surface area is 95.4 Å². The summed E-state index contributed by atoms with van der Waals surface area (Å²) in [5.41, 5.74) is 0. The molecule has 0 spiro atoms. The van der Waals surface area contributed by atoms with Crippen LogP contribution in [0.4, 0.5) is 8.78 Å². The fourth-order valence-electron chi connectivity index (χ4n) is 3.48. The van der Waals surface area contributed by atoms with Crippen molar-refractivity contribution in [1.82, 2.24) is 10.2 Å². The highest BCUT2D eigenvalue weighted by atomic mass is 19.3. The Balaban J connectivity index is 1.49. The van der Waals surface area contributed by atoms with Crippen LogP contribution in [0.3, 0.4) is 0 Å². The Morgan fingerprint density at radius 3 is 2.56 bits per heavy atom. The van der Waals surface area contributed by atoms with Crippen LogP contribution in [-0.2, 0) is 0 Å². The SMILES string of the molecule is FC1(F)CCC(CN2CC3CC2CN3)CC1. The molecule has 1 saturated carbocycles. The zero-order chi connectivity index (χ0) is 11.2. The van der Waals surface area contributed by atoms with Crippen molar-refractivity contribution in [3.63, 3.8) is 0 Å². The molecule has 2 aliphatic heterocycles. The van der Waals surface area contributed by atoms with Gasteiger partial charge in [-0.25, -0.2) is 8.78 Å². The second-order valence-corrected chi connectivity index (χ2v) is 5.75. The maximum atomic E-state index is 13.0. The highest BCUT2D eigenvalue weighted by Crippen LogP contribution is 2.37. The van der Waals surface area contributed by atoms with E-state index in [4.69, 9.17) is 0 Å². The maximum absolute atomic E-state index is 13.0. The van der Waals surface area contributed by atoms with Crippen LogP contribution in [0.1, 0.15) is 32.1 Å². The van der Waals surface area contributed by atoms with Crippen molar-refractivity contribution in [2.24, 2.45) is 5.92 Å². The predicted octanol–water partition coefficient (Wildman–Crippen LogP) is 1.86. The lowest BCUT2D eigenvalue weighted by molar-refractivity contribution is -0.0494. The average molecular weight is 230 g/mol. The van der Waals surface area contributed by atoms with Gasteiger partial charge in [-0.15, -0.1) is 0 Å². The van der Waals surface area contributed by atoms with Gasteiger partial charge < -0.3 is 5.32 Å². The summed E-state index contributed by atoms with van der Waals surface area (Å²) >= 11 is 0. The number of nitrogens with one attached hydrogen (secondary N) is 1. The second kappa shape index (κ2) is 3.91. The van der Waals surface area contributed by atoms with Gasteiger partial charge in [-0.1, -0.05) is 0 Å². The number of halogens is 2. The zero-order valence-corrected chi connectivity index (χ0v) is 9.59.